The van der Waals surface area contributed by atoms with Crippen LogP contribution in [0.4, 0.5) is 11.6 Å². The molecule has 2 aromatic rings. The zero-order valence-electron chi connectivity index (χ0n) is 11.5. The number of hydrogen-bond donors (Lipinski definition) is 1. The summed E-state index contributed by atoms with van der Waals surface area (Å²) >= 11 is 3.43. The third-order valence-electron chi connectivity index (χ3n) is 3.13. The van der Waals surface area contributed by atoms with E-state index < -0.39 is 0 Å². The molecule has 0 atom stereocenters. The quantitative estimate of drug-likeness (QED) is 0.933. The van der Waals surface area contributed by atoms with E-state index >= 15 is 0 Å². The van der Waals surface area contributed by atoms with E-state index in [1.165, 1.54) is 0 Å². The summed E-state index contributed by atoms with van der Waals surface area (Å²) < 4.78 is 2.55. The molecular formula is C14H16BrN5. The van der Waals surface area contributed by atoms with Gasteiger partial charge in [0.2, 0.25) is 0 Å². The van der Waals surface area contributed by atoms with Gasteiger partial charge in [-0.1, -0.05) is 22.0 Å². The first kappa shape index (κ1) is 14.4. The van der Waals surface area contributed by atoms with Crippen molar-refractivity contribution in [1.29, 1.82) is 5.26 Å². The molecule has 5 nitrogen and oxygen atoms in total. The van der Waals surface area contributed by atoms with Crippen LogP contribution >= 0.6 is 15.9 Å². The maximum Gasteiger partial charge on any atom is 0.171 e. The number of anilines is 2. The van der Waals surface area contributed by atoms with Crippen molar-refractivity contribution in [1.82, 2.24) is 9.78 Å². The number of rotatable bonds is 4. The molecule has 0 bridgehead atoms. The Kier molecular flexibility index (Phi) is 4.30. The van der Waals surface area contributed by atoms with Crippen LogP contribution in [0.2, 0.25) is 0 Å². The Morgan fingerprint density at radius 3 is 2.65 bits per heavy atom. The normalized spacial score (nSPS) is 10.3. The second kappa shape index (κ2) is 5.97. The van der Waals surface area contributed by atoms with Crippen molar-refractivity contribution in [3.8, 4) is 11.8 Å². The Balaban J connectivity index is 2.59. The van der Waals surface area contributed by atoms with Gasteiger partial charge < -0.3 is 10.6 Å². The number of aromatic nitrogens is 2. The van der Waals surface area contributed by atoms with Crippen molar-refractivity contribution < 1.29 is 0 Å². The van der Waals surface area contributed by atoms with Crippen LogP contribution in [0, 0.1) is 11.3 Å². The molecular weight excluding hydrogens is 318 g/mol. The summed E-state index contributed by atoms with van der Waals surface area (Å²) in [5.41, 5.74) is 7.33. The van der Waals surface area contributed by atoms with Crippen molar-refractivity contribution in [2.75, 3.05) is 23.7 Å². The second-order valence-corrected chi connectivity index (χ2v) is 5.18. The van der Waals surface area contributed by atoms with Gasteiger partial charge in [-0.3, -0.25) is 0 Å². The average Bonchev–Trinajstić information content (AvgIpc) is 2.77. The summed E-state index contributed by atoms with van der Waals surface area (Å²) in [6.45, 7) is 5.61. The minimum absolute atomic E-state index is 0.368. The van der Waals surface area contributed by atoms with Crippen molar-refractivity contribution in [2.45, 2.75) is 13.8 Å². The zero-order valence-corrected chi connectivity index (χ0v) is 13.1. The maximum absolute atomic E-state index is 9.33. The largest absolute Gasteiger partial charge is 0.382 e. The van der Waals surface area contributed by atoms with Gasteiger partial charge in [0.05, 0.1) is 5.69 Å². The van der Waals surface area contributed by atoms with E-state index in [0.717, 1.165) is 23.2 Å². The van der Waals surface area contributed by atoms with E-state index in [-0.39, 0.29) is 0 Å². The molecule has 0 amide bonds. The highest BCUT2D eigenvalue weighted by atomic mass is 79.9. The van der Waals surface area contributed by atoms with E-state index in [0.29, 0.717) is 17.2 Å². The molecule has 1 aromatic carbocycles. The predicted molar refractivity (Wildman–Crippen MR) is 84.0 cm³/mol. The summed E-state index contributed by atoms with van der Waals surface area (Å²) in [4.78, 5) is 2.02. The van der Waals surface area contributed by atoms with Crippen LogP contribution in [0.3, 0.4) is 0 Å². The number of nitrogens with two attached hydrogens (primary N) is 1. The third-order valence-corrected chi connectivity index (χ3v) is 3.62. The Labute approximate surface area is 126 Å². The molecule has 0 aliphatic carbocycles. The molecule has 20 heavy (non-hydrogen) atoms. The summed E-state index contributed by atoms with van der Waals surface area (Å²) in [7, 11) is 0. The van der Waals surface area contributed by atoms with Gasteiger partial charge in [0.15, 0.2) is 5.82 Å². The molecule has 104 valence electrons. The van der Waals surface area contributed by atoms with Crippen LogP contribution in [0.5, 0.6) is 0 Å². The van der Waals surface area contributed by atoms with Crippen molar-refractivity contribution in [3.05, 3.63) is 34.3 Å². The number of benzene rings is 1. The van der Waals surface area contributed by atoms with Gasteiger partial charge in [0.25, 0.3) is 0 Å². The SMILES string of the molecule is CCN(CC)c1nn(-c2cccc(Br)c2)c(N)c1C#N. The molecule has 1 aromatic heterocycles. The monoisotopic (exact) mass is 333 g/mol. The van der Waals surface area contributed by atoms with Crippen LogP contribution in [0.25, 0.3) is 5.69 Å². The molecule has 2 rings (SSSR count). The van der Waals surface area contributed by atoms with Crippen LogP contribution < -0.4 is 10.6 Å². The first-order valence-electron chi connectivity index (χ1n) is 6.41. The highest BCUT2D eigenvalue weighted by Gasteiger charge is 2.20. The fourth-order valence-corrected chi connectivity index (χ4v) is 2.46. The average molecular weight is 334 g/mol. The minimum Gasteiger partial charge on any atom is -0.382 e. The summed E-state index contributed by atoms with van der Waals surface area (Å²) in [6.07, 6.45) is 0. The van der Waals surface area contributed by atoms with Gasteiger partial charge in [-0.25, -0.2) is 4.68 Å². The van der Waals surface area contributed by atoms with Crippen molar-refractivity contribution in [3.63, 3.8) is 0 Å². The van der Waals surface area contributed by atoms with Gasteiger partial charge in [-0.15, -0.1) is 5.10 Å². The molecule has 0 saturated carbocycles. The highest BCUT2D eigenvalue weighted by Crippen LogP contribution is 2.27. The zero-order chi connectivity index (χ0) is 14.7. The number of nitriles is 1. The molecule has 0 saturated heterocycles. The maximum atomic E-state index is 9.33. The van der Waals surface area contributed by atoms with Gasteiger partial charge in [-0.2, -0.15) is 5.26 Å². The lowest BCUT2D eigenvalue weighted by Crippen LogP contribution is -2.23. The van der Waals surface area contributed by atoms with Crippen LogP contribution in [0.15, 0.2) is 28.7 Å². The molecule has 0 aliphatic heterocycles. The number of nitrogens with zero attached hydrogens (tertiary/aromatic N) is 4. The fourth-order valence-electron chi connectivity index (χ4n) is 2.08. The van der Waals surface area contributed by atoms with E-state index in [1.807, 2.05) is 43.0 Å². The van der Waals surface area contributed by atoms with Crippen LogP contribution in [-0.4, -0.2) is 22.9 Å². The summed E-state index contributed by atoms with van der Waals surface area (Å²) in [5.74, 6) is 1.00. The minimum atomic E-state index is 0.368. The lowest BCUT2D eigenvalue weighted by Gasteiger charge is -2.17. The predicted octanol–water partition coefficient (Wildman–Crippen LogP) is 2.93. The molecule has 2 N–H and O–H groups in total. The first-order chi connectivity index (χ1) is 9.62. The van der Waals surface area contributed by atoms with E-state index in [2.05, 4.69) is 27.1 Å². The molecule has 0 fully saturated rings. The lowest BCUT2D eigenvalue weighted by molar-refractivity contribution is 0.808. The van der Waals surface area contributed by atoms with Gasteiger partial charge >= 0.3 is 0 Å². The number of hydrogen-bond acceptors (Lipinski definition) is 4. The van der Waals surface area contributed by atoms with E-state index in [4.69, 9.17) is 5.73 Å². The van der Waals surface area contributed by atoms with Gasteiger partial charge in [-0.05, 0) is 32.0 Å². The lowest BCUT2D eigenvalue weighted by atomic mass is 10.3. The van der Waals surface area contributed by atoms with Crippen molar-refractivity contribution >= 4 is 27.6 Å². The van der Waals surface area contributed by atoms with Gasteiger partial charge in [0.1, 0.15) is 17.5 Å². The van der Waals surface area contributed by atoms with Crippen molar-refractivity contribution in [2.24, 2.45) is 0 Å². The Hall–Kier alpha value is -2.00. The fraction of sp³-hybridized carbons (Fsp3) is 0.286. The molecule has 6 heteroatoms. The number of halogens is 1. The summed E-state index contributed by atoms with van der Waals surface area (Å²) in [5, 5.41) is 13.8. The third kappa shape index (κ3) is 2.49. The molecule has 0 radical (unpaired) electrons. The van der Waals surface area contributed by atoms with Crippen LogP contribution in [0.1, 0.15) is 19.4 Å². The molecule has 1 heterocycles. The highest BCUT2D eigenvalue weighted by molar-refractivity contribution is 9.10. The van der Waals surface area contributed by atoms with E-state index in [1.54, 1.807) is 4.68 Å². The Bertz CT molecular complexity index is 652. The standard InChI is InChI=1S/C14H16BrN5/c1-3-19(4-2)14-12(9-16)13(17)20(18-14)11-7-5-6-10(15)8-11/h5-8H,3-4,17H2,1-2H3. The molecule has 0 spiro atoms. The molecule has 0 unspecified atom stereocenters. The Morgan fingerprint density at radius 1 is 1.40 bits per heavy atom. The topological polar surface area (TPSA) is 70.9 Å². The van der Waals surface area contributed by atoms with Crippen LogP contribution in [-0.2, 0) is 0 Å². The smallest absolute Gasteiger partial charge is 0.171 e. The molecule has 0 aliphatic rings. The number of nitrogen functional groups attached to an aromatic ring is 1. The van der Waals surface area contributed by atoms with Gasteiger partial charge in [0, 0.05) is 17.6 Å². The second-order valence-electron chi connectivity index (χ2n) is 4.26. The van der Waals surface area contributed by atoms with E-state index in [9.17, 15) is 5.26 Å². The Morgan fingerprint density at radius 2 is 2.10 bits per heavy atom. The summed E-state index contributed by atoms with van der Waals surface area (Å²) in [6, 6.07) is 9.81. The first-order valence-corrected chi connectivity index (χ1v) is 7.21.